The van der Waals surface area contributed by atoms with Gasteiger partial charge in [0.05, 0.1) is 0 Å². The monoisotopic (exact) mass is 280 g/mol. The zero-order valence-electron chi connectivity index (χ0n) is 14.4. The summed E-state index contributed by atoms with van der Waals surface area (Å²) in [6, 6.07) is 1.05. The van der Waals surface area contributed by atoms with Gasteiger partial charge >= 0.3 is 0 Å². The van der Waals surface area contributed by atoms with Crippen molar-refractivity contribution >= 4 is 0 Å². The van der Waals surface area contributed by atoms with Crippen LogP contribution in [-0.4, -0.2) is 30.1 Å². The molecule has 2 nitrogen and oxygen atoms in total. The largest absolute Gasteiger partial charge is 0.326 e. The van der Waals surface area contributed by atoms with Gasteiger partial charge in [0.2, 0.25) is 0 Å². The summed E-state index contributed by atoms with van der Waals surface area (Å²) in [5, 5.41) is 0. The van der Waals surface area contributed by atoms with E-state index < -0.39 is 0 Å². The van der Waals surface area contributed by atoms with Crippen LogP contribution in [0.15, 0.2) is 0 Å². The Morgan fingerprint density at radius 1 is 1.00 bits per heavy atom. The molecule has 3 atom stereocenters. The van der Waals surface area contributed by atoms with Crippen molar-refractivity contribution in [2.45, 2.75) is 78.8 Å². The maximum atomic E-state index is 6.47. The topological polar surface area (TPSA) is 29.3 Å². The van der Waals surface area contributed by atoms with Crippen LogP contribution < -0.4 is 5.73 Å². The van der Waals surface area contributed by atoms with E-state index in [0.29, 0.717) is 17.5 Å². The van der Waals surface area contributed by atoms with Crippen molar-refractivity contribution in [2.75, 3.05) is 13.1 Å². The summed E-state index contributed by atoms with van der Waals surface area (Å²) in [6.45, 7) is 14.5. The van der Waals surface area contributed by atoms with Crippen LogP contribution in [0.3, 0.4) is 0 Å². The molecule has 3 unspecified atom stereocenters. The summed E-state index contributed by atoms with van der Waals surface area (Å²) >= 11 is 0. The molecule has 0 spiro atoms. The standard InChI is InChI=1S/C18H36N2/c1-13(2)14-8-10-20(11-9-14)17-12-15(18(3,4)5)6-7-16(17)19/h13-17H,6-12,19H2,1-5H3. The summed E-state index contributed by atoms with van der Waals surface area (Å²) in [6.07, 6.45) is 6.61. The quantitative estimate of drug-likeness (QED) is 0.831. The lowest BCUT2D eigenvalue weighted by Gasteiger charge is -2.47. The Bertz CT molecular complexity index is 297. The van der Waals surface area contributed by atoms with Crippen molar-refractivity contribution in [3.05, 3.63) is 0 Å². The second kappa shape index (κ2) is 6.36. The van der Waals surface area contributed by atoms with Crippen LogP contribution in [0.2, 0.25) is 0 Å². The number of rotatable bonds is 2. The zero-order chi connectivity index (χ0) is 14.9. The van der Waals surface area contributed by atoms with Gasteiger partial charge in [-0.2, -0.15) is 0 Å². The number of hydrogen-bond donors (Lipinski definition) is 1. The first-order chi connectivity index (χ1) is 9.29. The normalized spacial score (nSPS) is 34.6. The lowest BCUT2D eigenvalue weighted by molar-refractivity contribution is 0.0416. The Balaban J connectivity index is 1.94. The van der Waals surface area contributed by atoms with E-state index in [1.165, 1.54) is 45.2 Å². The predicted octanol–water partition coefficient (Wildman–Crippen LogP) is 3.90. The van der Waals surface area contributed by atoms with Crippen molar-refractivity contribution < 1.29 is 0 Å². The van der Waals surface area contributed by atoms with Crippen LogP contribution in [0, 0.1) is 23.2 Å². The maximum Gasteiger partial charge on any atom is 0.0250 e. The molecule has 2 heteroatoms. The Kier molecular flexibility index (Phi) is 5.18. The van der Waals surface area contributed by atoms with E-state index in [9.17, 15) is 0 Å². The second-order valence-electron chi connectivity index (χ2n) is 8.72. The van der Waals surface area contributed by atoms with Crippen LogP contribution in [0.25, 0.3) is 0 Å². The number of likely N-dealkylation sites (tertiary alicyclic amines) is 1. The smallest absolute Gasteiger partial charge is 0.0250 e. The van der Waals surface area contributed by atoms with Gasteiger partial charge in [-0.05, 0) is 68.4 Å². The fraction of sp³-hybridized carbons (Fsp3) is 1.00. The fourth-order valence-corrected chi connectivity index (χ4v) is 4.29. The highest BCUT2D eigenvalue weighted by Crippen LogP contribution is 2.40. The molecule has 0 aromatic rings. The van der Waals surface area contributed by atoms with Crippen LogP contribution in [0.4, 0.5) is 0 Å². The molecule has 1 aliphatic carbocycles. The molecule has 2 fully saturated rings. The van der Waals surface area contributed by atoms with E-state index in [4.69, 9.17) is 5.73 Å². The number of piperidine rings is 1. The molecule has 0 bridgehead atoms. The molecule has 0 aromatic heterocycles. The van der Waals surface area contributed by atoms with Gasteiger partial charge in [-0.1, -0.05) is 34.6 Å². The third kappa shape index (κ3) is 3.76. The Morgan fingerprint density at radius 2 is 1.60 bits per heavy atom. The van der Waals surface area contributed by atoms with Crippen molar-refractivity contribution in [3.63, 3.8) is 0 Å². The molecule has 118 valence electrons. The summed E-state index contributed by atoms with van der Waals surface area (Å²) in [5.74, 6) is 2.62. The van der Waals surface area contributed by atoms with Crippen molar-refractivity contribution in [1.82, 2.24) is 4.90 Å². The highest BCUT2D eigenvalue weighted by molar-refractivity contribution is 4.94. The number of hydrogen-bond acceptors (Lipinski definition) is 2. The Labute approximate surface area is 126 Å². The van der Waals surface area contributed by atoms with Crippen LogP contribution >= 0.6 is 0 Å². The molecule has 1 saturated heterocycles. The number of nitrogens with zero attached hydrogens (tertiary/aromatic N) is 1. The van der Waals surface area contributed by atoms with E-state index in [1.54, 1.807) is 0 Å². The lowest BCUT2D eigenvalue weighted by atomic mass is 9.69. The highest BCUT2D eigenvalue weighted by atomic mass is 15.2. The molecule has 2 rings (SSSR count). The molecule has 2 aliphatic rings. The molecule has 0 aromatic carbocycles. The van der Waals surface area contributed by atoms with Crippen molar-refractivity contribution in [3.8, 4) is 0 Å². The van der Waals surface area contributed by atoms with Gasteiger partial charge in [0, 0.05) is 12.1 Å². The van der Waals surface area contributed by atoms with Crippen LogP contribution in [-0.2, 0) is 0 Å². The Hall–Kier alpha value is -0.0800. The Morgan fingerprint density at radius 3 is 2.10 bits per heavy atom. The van der Waals surface area contributed by atoms with E-state index in [0.717, 1.165) is 17.8 Å². The third-order valence-corrected chi connectivity index (χ3v) is 6.08. The molecular weight excluding hydrogens is 244 g/mol. The van der Waals surface area contributed by atoms with E-state index >= 15 is 0 Å². The minimum Gasteiger partial charge on any atom is -0.326 e. The maximum absolute atomic E-state index is 6.47. The van der Waals surface area contributed by atoms with Crippen LogP contribution in [0.1, 0.15) is 66.7 Å². The molecule has 2 N–H and O–H groups in total. The zero-order valence-corrected chi connectivity index (χ0v) is 14.4. The molecular formula is C18H36N2. The third-order valence-electron chi connectivity index (χ3n) is 6.08. The molecule has 20 heavy (non-hydrogen) atoms. The first kappa shape index (κ1) is 16.3. The van der Waals surface area contributed by atoms with E-state index in [2.05, 4.69) is 39.5 Å². The summed E-state index contributed by atoms with van der Waals surface area (Å²) in [5.41, 5.74) is 6.91. The number of nitrogens with two attached hydrogens (primary N) is 1. The van der Waals surface area contributed by atoms with Gasteiger partial charge in [-0.3, -0.25) is 4.90 Å². The van der Waals surface area contributed by atoms with Gasteiger partial charge in [0.15, 0.2) is 0 Å². The SMILES string of the molecule is CC(C)C1CCN(C2CC(C(C)(C)C)CCC2N)CC1. The van der Waals surface area contributed by atoms with Crippen LogP contribution in [0.5, 0.6) is 0 Å². The first-order valence-electron chi connectivity index (χ1n) is 8.78. The van der Waals surface area contributed by atoms with Gasteiger partial charge in [0.25, 0.3) is 0 Å². The van der Waals surface area contributed by atoms with Gasteiger partial charge < -0.3 is 5.73 Å². The van der Waals surface area contributed by atoms with Gasteiger partial charge in [0.1, 0.15) is 0 Å². The van der Waals surface area contributed by atoms with E-state index in [1.807, 2.05) is 0 Å². The second-order valence-corrected chi connectivity index (χ2v) is 8.72. The summed E-state index contributed by atoms with van der Waals surface area (Å²) in [7, 11) is 0. The van der Waals surface area contributed by atoms with Crippen molar-refractivity contribution in [2.24, 2.45) is 28.9 Å². The molecule has 1 heterocycles. The van der Waals surface area contributed by atoms with Gasteiger partial charge in [-0.15, -0.1) is 0 Å². The van der Waals surface area contributed by atoms with Crippen molar-refractivity contribution in [1.29, 1.82) is 0 Å². The first-order valence-corrected chi connectivity index (χ1v) is 8.78. The predicted molar refractivity (Wildman–Crippen MR) is 87.7 cm³/mol. The van der Waals surface area contributed by atoms with E-state index in [-0.39, 0.29) is 0 Å². The average molecular weight is 281 g/mol. The minimum absolute atomic E-state index is 0.407. The molecule has 1 aliphatic heterocycles. The molecule has 0 radical (unpaired) electrons. The minimum atomic E-state index is 0.407. The summed E-state index contributed by atoms with van der Waals surface area (Å²) < 4.78 is 0. The van der Waals surface area contributed by atoms with Gasteiger partial charge in [-0.25, -0.2) is 0 Å². The average Bonchev–Trinajstić information content (AvgIpc) is 2.38. The molecule has 0 amide bonds. The fourth-order valence-electron chi connectivity index (χ4n) is 4.29. The molecule has 1 saturated carbocycles. The summed E-state index contributed by atoms with van der Waals surface area (Å²) in [4.78, 5) is 2.72. The lowest BCUT2D eigenvalue weighted by Crippen LogP contribution is -2.54. The highest BCUT2D eigenvalue weighted by Gasteiger charge is 2.38.